The first-order valence-electron chi connectivity index (χ1n) is 8.33. The molecule has 2 aliphatic rings. The molecule has 5 nitrogen and oxygen atoms in total. The maximum absolute atomic E-state index is 13.0. The van der Waals surface area contributed by atoms with E-state index in [-0.39, 0.29) is 17.4 Å². The molecule has 0 saturated carbocycles. The van der Waals surface area contributed by atoms with Crippen LogP contribution < -0.4 is 4.74 Å². The summed E-state index contributed by atoms with van der Waals surface area (Å²) in [7, 11) is 3.29. The number of amides is 1. The molecule has 3 rings (SSSR count). The fraction of sp³-hybridized carbons (Fsp3) is 0.611. The monoisotopic (exact) mass is 353 g/mol. The first kappa shape index (κ1) is 17.5. The van der Waals surface area contributed by atoms with Crippen molar-refractivity contribution in [1.29, 1.82) is 0 Å². The maximum atomic E-state index is 13.0. The minimum Gasteiger partial charge on any atom is -0.497 e. The molecule has 6 heteroatoms. The predicted octanol–water partition coefficient (Wildman–Crippen LogP) is 3.01. The van der Waals surface area contributed by atoms with E-state index >= 15 is 0 Å². The molecule has 0 N–H and O–H groups in total. The molecule has 2 heterocycles. The number of piperidine rings is 1. The second-order valence-corrected chi connectivity index (χ2v) is 7.03. The van der Waals surface area contributed by atoms with Crippen molar-refractivity contribution in [2.45, 2.75) is 25.4 Å². The zero-order valence-electron chi connectivity index (χ0n) is 14.2. The highest BCUT2D eigenvalue weighted by molar-refractivity contribution is 6.33. The Hall–Kier alpha value is -1.30. The molecular formula is C18H24ClNO4. The molecule has 0 bridgehead atoms. The average molecular weight is 354 g/mol. The molecule has 2 atom stereocenters. The highest BCUT2D eigenvalue weighted by Gasteiger charge is 2.47. The number of likely N-dealkylation sites (tertiary alicyclic amines) is 1. The Morgan fingerprint density at radius 1 is 1.46 bits per heavy atom. The summed E-state index contributed by atoms with van der Waals surface area (Å²) in [5.41, 5.74) is 0.366. The van der Waals surface area contributed by atoms with Gasteiger partial charge in [0, 0.05) is 32.2 Å². The van der Waals surface area contributed by atoms with Gasteiger partial charge in [0.1, 0.15) is 5.75 Å². The SMILES string of the molecule is COC[C@]12CCCO[C@@H]1CCN(C(=O)c1cc(OC)ccc1Cl)C2. The Morgan fingerprint density at radius 3 is 3.04 bits per heavy atom. The minimum atomic E-state index is -0.119. The second kappa shape index (κ2) is 7.30. The van der Waals surface area contributed by atoms with Crippen molar-refractivity contribution in [1.82, 2.24) is 4.90 Å². The number of ether oxygens (including phenoxy) is 3. The molecule has 132 valence electrons. The van der Waals surface area contributed by atoms with Crippen LogP contribution in [0, 0.1) is 5.41 Å². The third-order valence-electron chi connectivity index (χ3n) is 5.11. The molecular weight excluding hydrogens is 330 g/mol. The summed E-state index contributed by atoms with van der Waals surface area (Å²) < 4.78 is 16.7. The Bertz CT molecular complexity index is 605. The number of halogens is 1. The average Bonchev–Trinajstić information content (AvgIpc) is 2.61. The van der Waals surface area contributed by atoms with Gasteiger partial charge in [-0.1, -0.05) is 11.6 Å². The van der Waals surface area contributed by atoms with Gasteiger partial charge < -0.3 is 19.1 Å². The van der Waals surface area contributed by atoms with Gasteiger partial charge in [-0.3, -0.25) is 4.79 Å². The summed E-state index contributed by atoms with van der Waals surface area (Å²) in [6, 6.07) is 5.17. The van der Waals surface area contributed by atoms with Crippen LogP contribution in [-0.2, 0) is 9.47 Å². The third kappa shape index (κ3) is 3.25. The normalized spacial score (nSPS) is 26.8. The van der Waals surface area contributed by atoms with Gasteiger partial charge in [0.25, 0.3) is 5.91 Å². The molecule has 2 aliphatic heterocycles. The molecule has 0 radical (unpaired) electrons. The number of carbonyl (C=O) groups excluding carboxylic acids is 1. The molecule has 2 fully saturated rings. The van der Waals surface area contributed by atoms with Gasteiger partial charge in [0.2, 0.25) is 0 Å². The minimum absolute atomic E-state index is 0.0570. The lowest BCUT2D eigenvalue weighted by molar-refractivity contribution is -0.142. The van der Waals surface area contributed by atoms with Crippen LogP contribution in [0.4, 0.5) is 0 Å². The number of benzene rings is 1. The van der Waals surface area contributed by atoms with E-state index in [1.807, 2.05) is 4.90 Å². The van der Waals surface area contributed by atoms with Crippen molar-refractivity contribution in [3.63, 3.8) is 0 Å². The molecule has 0 aromatic heterocycles. The van der Waals surface area contributed by atoms with Crippen LogP contribution in [0.1, 0.15) is 29.6 Å². The Balaban J connectivity index is 1.83. The molecule has 1 aromatic rings. The van der Waals surface area contributed by atoms with Crippen molar-refractivity contribution >= 4 is 17.5 Å². The smallest absolute Gasteiger partial charge is 0.255 e. The fourth-order valence-electron chi connectivity index (χ4n) is 3.93. The number of nitrogens with zero attached hydrogens (tertiary/aromatic N) is 1. The largest absolute Gasteiger partial charge is 0.497 e. The van der Waals surface area contributed by atoms with Crippen LogP contribution in [0.2, 0.25) is 5.02 Å². The Kier molecular flexibility index (Phi) is 5.33. The molecule has 0 aliphatic carbocycles. The zero-order chi connectivity index (χ0) is 17.2. The number of fused-ring (bicyclic) bond motifs is 1. The first-order chi connectivity index (χ1) is 11.6. The number of carbonyl (C=O) groups is 1. The van der Waals surface area contributed by atoms with Crippen LogP contribution in [0.3, 0.4) is 0 Å². The van der Waals surface area contributed by atoms with E-state index in [0.29, 0.717) is 36.0 Å². The van der Waals surface area contributed by atoms with E-state index in [2.05, 4.69) is 0 Å². The quantitative estimate of drug-likeness (QED) is 0.834. The van der Waals surface area contributed by atoms with Gasteiger partial charge >= 0.3 is 0 Å². The molecule has 24 heavy (non-hydrogen) atoms. The lowest BCUT2D eigenvalue weighted by Crippen LogP contribution is -2.58. The summed E-state index contributed by atoms with van der Waals surface area (Å²) in [5.74, 6) is 0.573. The topological polar surface area (TPSA) is 48.0 Å². The van der Waals surface area contributed by atoms with Crippen LogP contribution in [0.25, 0.3) is 0 Å². The predicted molar refractivity (Wildman–Crippen MR) is 91.8 cm³/mol. The van der Waals surface area contributed by atoms with Gasteiger partial charge in [-0.25, -0.2) is 0 Å². The maximum Gasteiger partial charge on any atom is 0.255 e. The van der Waals surface area contributed by atoms with Crippen molar-refractivity contribution in [2.24, 2.45) is 5.41 Å². The van der Waals surface area contributed by atoms with Crippen molar-refractivity contribution < 1.29 is 19.0 Å². The van der Waals surface area contributed by atoms with E-state index in [1.54, 1.807) is 32.4 Å². The standard InChI is InChI=1S/C18H24ClNO4/c1-22-12-18-7-3-9-24-16(18)6-8-20(11-18)17(21)14-10-13(23-2)4-5-15(14)19/h4-5,10,16H,3,6-9,11-12H2,1-2H3/t16-,18-/m1/s1. The zero-order valence-corrected chi connectivity index (χ0v) is 15.0. The summed E-state index contributed by atoms with van der Waals surface area (Å²) in [6.07, 6.45) is 3.01. The van der Waals surface area contributed by atoms with Crippen LogP contribution >= 0.6 is 11.6 Å². The van der Waals surface area contributed by atoms with Crippen molar-refractivity contribution in [2.75, 3.05) is 40.5 Å². The molecule has 1 amide bonds. The van der Waals surface area contributed by atoms with E-state index in [4.69, 9.17) is 25.8 Å². The molecule has 0 spiro atoms. The third-order valence-corrected chi connectivity index (χ3v) is 5.44. The molecule has 1 aromatic carbocycles. The van der Waals surface area contributed by atoms with E-state index < -0.39 is 0 Å². The molecule has 2 saturated heterocycles. The van der Waals surface area contributed by atoms with E-state index in [0.717, 1.165) is 25.9 Å². The van der Waals surface area contributed by atoms with Crippen molar-refractivity contribution in [3.05, 3.63) is 28.8 Å². The van der Waals surface area contributed by atoms with E-state index in [9.17, 15) is 4.79 Å². The van der Waals surface area contributed by atoms with Gasteiger partial charge in [0.05, 0.1) is 30.4 Å². The van der Waals surface area contributed by atoms with Gasteiger partial charge in [-0.15, -0.1) is 0 Å². The van der Waals surface area contributed by atoms with Crippen LogP contribution in [0.15, 0.2) is 18.2 Å². The van der Waals surface area contributed by atoms with Crippen LogP contribution in [0.5, 0.6) is 5.75 Å². The second-order valence-electron chi connectivity index (χ2n) is 6.62. The Morgan fingerprint density at radius 2 is 2.29 bits per heavy atom. The molecule has 0 unspecified atom stereocenters. The van der Waals surface area contributed by atoms with E-state index in [1.165, 1.54) is 0 Å². The number of hydrogen-bond donors (Lipinski definition) is 0. The lowest BCUT2D eigenvalue weighted by atomic mass is 9.73. The van der Waals surface area contributed by atoms with Gasteiger partial charge in [0.15, 0.2) is 0 Å². The number of methoxy groups -OCH3 is 2. The van der Waals surface area contributed by atoms with Crippen LogP contribution in [-0.4, -0.2) is 57.4 Å². The highest BCUT2D eigenvalue weighted by atomic mass is 35.5. The Labute approximate surface area is 147 Å². The van der Waals surface area contributed by atoms with Gasteiger partial charge in [-0.2, -0.15) is 0 Å². The summed E-state index contributed by atoms with van der Waals surface area (Å²) >= 11 is 6.25. The fourth-order valence-corrected chi connectivity index (χ4v) is 4.13. The number of hydrogen-bond acceptors (Lipinski definition) is 4. The highest BCUT2D eigenvalue weighted by Crippen LogP contribution is 2.41. The first-order valence-corrected chi connectivity index (χ1v) is 8.71. The summed E-state index contributed by atoms with van der Waals surface area (Å²) in [5, 5.41) is 0.448. The summed E-state index contributed by atoms with van der Waals surface area (Å²) in [6.45, 7) is 2.71. The van der Waals surface area contributed by atoms with Crippen molar-refractivity contribution in [3.8, 4) is 5.75 Å². The lowest BCUT2D eigenvalue weighted by Gasteiger charge is -2.50. The summed E-state index contributed by atoms with van der Waals surface area (Å²) in [4.78, 5) is 14.9. The number of rotatable bonds is 4. The van der Waals surface area contributed by atoms with Gasteiger partial charge in [-0.05, 0) is 37.5 Å².